The highest BCUT2D eigenvalue weighted by atomic mass is 16.5. The SMILES string of the molecule is CCOC(=O)C(CCN1CCN(C)C(C)(C)C1)NC. The number of piperazine rings is 1. The van der Waals surface area contributed by atoms with Crippen molar-refractivity contribution in [1.82, 2.24) is 15.1 Å². The number of nitrogens with zero attached hydrogens (tertiary/aromatic N) is 2. The predicted octanol–water partition coefficient (Wildman–Crippen LogP) is 0.554. The summed E-state index contributed by atoms with van der Waals surface area (Å²) in [7, 11) is 3.99. The monoisotopic (exact) mass is 271 g/mol. The van der Waals surface area contributed by atoms with Gasteiger partial charge in [0.1, 0.15) is 6.04 Å². The molecular formula is C14H29N3O2. The van der Waals surface area contributed by atoms with Crippen LogP contribution in [-0.2, 0) is 9.53 Å². The molecule has 0 aromatic rings. The van der Waals surface area contributed by atoms with Gasteiger partial charge in [-0.05, 0) is 41.3 Å². The van der Waals surface area contributed by atoms with Crippen molar-refractivity contribution in [1.29, 1.82) is 0 Å². The number of hydrogen-bond acceptors (Lipinski definition) is 5. The van der Waals surface area contributed by atoms with E-state index in [0.29, 0.717) is 6.61 Å². The lowest BCUT2D eigenvalue weighted by molar-refractivity contribution is -0.145. The van der Waals surface area contributed by atoms with E-state index in [1.54, 1.807) is 0 Å². The Hall–Kier alpha value is -0.650. The molecule has 0 saturated carbocycles. The van der Waals surface area contributed by atoms with Gasteiger partial charge in [0.05, 0.1) is 6.61 Å². The normalized spacial score (nSPS) is 22.2. The summed E-state index contributed by atoms with van der Waals surface area (Å²) in [6.45, 7) is 10.9. The molecule has 0 spiro atoms. The van der Waals surface area contributed by atoms with Crippen molar-refractivity contribution in [3.8, 4) is 0 Å². The van der Waals surface area contributed by atoms with Crippen LogP contribution in [0.1, 0.15) is 27.2 Å². The van der Waals surface area contributed by atoms with E-state index in [1.807, 2.05) is 14.0 Å². The molecule has 1 N–H and O–H groups in total. The van der Waals surface area contributed by atoms with Crippen LogP contribution in [0, 0.1) is 0 Å². The molecule has 0 aliphatic carbocycles. The number of carbonyl (C=O) groups is 1. The average Bonchev–Trinajstić information content (AvgIpc) is 2.34. The van der Waals surface area contributed by atoms with Crippen LogP contribution >= 0.6 is 0 Å². The van der Waals surface area contributed by atoms with Gasteiger partial charge < -0.3 is 15.0 Å². The van der Waals surface area contributed by atoms with E-state index in [1.165, 1.54) is 0 Å². The minimum atomic E-state index is -0.192. The minimum Gasteiger partial charge on any atom is -0.465 e. The molecule has 1 aliphatic rings. The number of likely N-dealkylation sites (N-methyl/N-ethyl adjacent to an activating group) is 2. The smallest absolute Gasteiger partial charge is 0.323 e. The van der Waals surface area contributed by atoms with Crippen molar-refractivity contribution in [3.05, 3.63) is 0 Å². The molecule has 1 unspecified atom stereocenters. The van der Waals surface area contributed by atoms with Crippen LogP contribution < -0.4 is 5.32 Å². The first-order valence-corrected chi connectivity index (χ1v) is 7.18. The second-order valence-corrected chi connectivity index (χ2v) is 5.89. The zero-order valence-corrected chi connectivity index (χ0v) is 13.0. The number of esters is 1. The van der Waals surface area contributed by atoms with E-state index < -0.39 is 0 Å². The summed E-state index contributed by atoms with van der Waals surface area (Å²) in [6, 6.07) is -0.192. The average molecular weight is 271 g/mol. The fraction of sp³-hybridized carbons (Fsp3) is 0.929. The summed E-state index contributed by atoms with van der Waals surface area (Å²) in [4.78, 5) is 16.5. The molecule has 1 aliphatic heterocycles. The molecule has 19 heavy (non-hydrogen) atoms. The molecule has 0 amide bonds. The summed E-state index contributed by atoms with van der Waals surface area (Å²) in [5.41, 5.74) is 0.206. The van der Waals surface area contributed by atoms with Crippen molar-refractivity contribution < 1.29 is 9.53 Å². The van der Waals surface area contributed by atoms with Gasteiger partial charge >= 0.3 is 5.97 Å². The topological polar surface area (TPSA) is 44.8 Å². The molecule has 0 bridgehead atoms. The molecule has 0 aromatic carbocycles. The second-order valence-electron chi connectivity index (χ2n) is 5.89. The number of ether oxygens (including phenoxy) is 1. The molecule has 1 rings (SSSR count). The summed E-state index contributed by atoms with van der Waals surface area (Å²) < 4.78 is 5.06. The molecule has 112 valence electrons. The second kappa shape index (κ2) is 7.22. The minimum absolute atomic E-state index is 0.140. The third-order valence-corrected chi connectivity index (χ3v) is 4.05. The van der Waals surface area contributed by atoms with Crippen LogP contribution in [0.15, 0.2) is 0 Å². The highest BCUT2D eigenvalue weighted by molar-refractivity contribution is 5.75. The third-order valence-electron chi connectivity index (χ3n) is 4.05. The molecule has 1 saturated heterocycles. The first-order chi connectivity index (χ1) is 8.90. The lowest BCUT2D eigenvalue weighted by atomic mass is 9.99. The Labute approximate surface area is 117 Å². The largest absolute Gasteiger partial charge is 0.465 e. The van der Waals surface area contributed by atoms with Crippen molar-refractivity contribution in [3.63, 3.8) is 0 Å². The van der Waals surface area contributed by atoms with Gasteiger partial charge in [0.15, 0.2) is 0 Å². The fourth-order valence-corrected chi connectivity index (χ4v) is 2.47. The quantitative estimate of drug-likeness (QED) is 0.715. The Balaban J connectivity index is 2.41. The molecule has 5 heteroatoms. The summed E-state index contributed by atoms with van der Waals surface area (Å²) in [6.07, 6.45) is 0.801. The third kappa shape index (κ3) is 4.75. The lowest BCUT2D eigenvalue weighted by Gasteiger charge is -2.45. The maximum absolute atomic E-state index is 11.7. The van der Waals surface area contributed by atoms with Crippen molar-refractivity contribution >= 4 is 5.97 Å². The number of hydrogen-bond donors (Lipinski definition) is 1. The predicted molar refractivity (Wildman–Crippen MR) is 77.2 cm³/mol. The Morgan fingerprint density at radius 2 is 2.11 bits per heavy atom. The van der Waals surface area contributed by atoms with Gasteiger partial charge in [-0.3, -0.25) is 9.69 Å². The first kappa shape index (κ1) is 16.4. The highest BCUT2D eigenvalue weighted by Gasteiger charge is 2.31. The molecule has 1 heterocycles. The van der Waals surface area contributed by atoms with Gasteiger partial charge in [-0.1, -0.05) is 0 Å². The van der Waals surface area contributed by atoms with Crippen LogP contribution in [0.4, 0.5) is 0 Å². The van der Waals surface area contributed by atoms with Gasteiger partial charge in [0, 0.05) is 31.7 Å². The molecule has 5 nitrogen and oxygen atoms in total. The van der Waals surface area contributed by atoms with E-state index >= 15 is 0 Å². The molecule has 1 atom stereocenters. The van der Waals surface area contributed by atoms with Gasteiger partial charge in [-0.15, -0.1) is 0 Å². The fourth-order valence-electron chi connectivity index (χ4n) is 2.47. The zero-order chi connectivity index (χ0) is 14.5. The van der Waals surface area contributed by atoms with Gasteiger partial charge in [-0.25, -0.2) is 0 Å². The van der Waals surface area contributed by atoms with Crippen LogP contribution in [0.25, 0.3) is 0 Å². The van der Waals surface area contributed by atoms with E-state index in [0.717, 1.165) is 32.6 Å². The number of nitrogens with one attached hydrogen (secondary N) is 1. The van der Waals surface area contributed by atoms with Crippen LogP contribution in [0.2, 0.25) is 0 Å². The molecule has 0 aromatic heterocycles. The maximum Gasteiger partial charge on any atom is 0.323 e. The molecule has 0 radical (unpaired) electrons. The standard InChI is InChI=1S/C14H29N3O2/c1-6-19-13(18)12(15-4)7-8-17-10-9-16(5)14(2,3)11-17/h12,15H,6-11H2,1-5H3. The maximum atomic E-state index is 11.7. The van der Waals surface area contributed by atoms with Crippen LogP contribution in [-0.4, -0.2) is 74.2 Å². The Bertz CT molecular complexity index is 294. The van der Waals surface area contributed by atoms with E-state index in [-0.39, 0.29) is 17.6 Å². The van der Waals surface area contributed by atoms with Crippen molar-refractivity contribution in [2.75, 3.05) is 46.9 Å². The summed E-state index contributed by atoms with van der Waals surface area (Å²) in [5, 5.41) is 3.04. The Morgan fingerprint density at radius 1 is 1.42 bits per heavy atom. The summed E-state index contributed by atoms with van der Waals surface area (Å²) >= 11 is 0. The lowest BCUT2D eigenvalue weighted by Crippen LogP contribution is -2.58. The van der Waals surface area contributed by atoms with E-state index in [2.05, 4.69) is 36.0 Å². The Morgan fingerprint density at radius 3 is 2.63 bits per heavy atom. The van der Waals surface area contributed by atoms with Crippen molar-refractivity contribution in [2.45, 2.75) is 38.8 Å². The van der Waals surface area contributed by atoms with E-state index in [4.69, 9.17) is 4.74 Å². The first-order valence-electron chi connectivity index (χ1n) is 7.18. The number of carbonyl (C=O) groups excluding carboxylic acids is 1. The van der Waals surface area contributed by atoms with E-state index in [9.17, 15) is 4.79 Å². The Kier molecular flexibility index (Phi) is 6.23. The molecular weight excluding hydrogens is 242 g/mol. The van der Waals surface area contributed by atoms with Gasteiger partial charge in [0.2, 0.25) is 0 Å². The van der Waals surface area contributed by atoms with Crippen LogP contribution in [0.5, 0.6) is 0 Å². The van der Waals surface area contributed by atoms with Crippen molar-refractivity contribution in [2.24, 2.45) is 0 Å². The van der Waals surface area contributed by atoms with Gasteiger partial charge in [0.25, 0.3) is 0 Å². The van der Waals surface area contributed by atoms with Gasteiger partial charge in [-0.2, -0.15) is 0 Å². The zero-order valence-electron chi connectivity index (χ0n) is 13.0. The van der Waals surface area contributed by atoms with Crippen LogP contribution in [0.3, 0.4) is 0 Å². The summed E-state index contributed by atoms with van der Waals surface area (Å²) in [5.74, 6) is -0.140. The molecule has 1 fully saturated rings. The highest BCUT2D eigenvalue weighted by Crippen LogP contribution is 2.19. The number of rotatable bonds is 6.